The molecule has 4 N–H and O–H groups in total. The van der Waals surface area contributed by atoms with Gasteiger partial charge in [-0.25, -0.2) is 4.39 Å². The summed E-state index contributed by atoms with van der Waals surface area (Å²) >= 11 is 0. The fraction of sp³-hybridized carbons (Fsp3) is 0.143. The average Bonchev–Trinajstić information content (AvgIpc) is 2.72. The van der Waals surface area contributed by atoms with Gasteiger partial charge in [0, 0.05) is 54.3 Å². The Bertz CT molecular complexity index is 1150. The van der Waals surface area contributed by atoms with E-state index in [9.17, 15) is 4.39 Å². The van der Waals surface area contributed by atoms with E-state index in [0.717, 1.165) is 22.7 Å². The third kappa shape index (κ3) is 3.59. The fourth-order valence-corrected chi connectivity index (χ4v) is 3.00. The largest absolute Gasteiger partial charge is 0.393 e. The van der Waals surface area contributed by atoms with Crippen LogP contribution in [0.4, 0.5) is 4.39 Å². The molecule has 3 aromatic rings. The molecule has 0 radical (unpaired) electrons. The summed E-state index contributed by atoms with van der Waals surface area (Å²) in [6.45, 7) is 1.85. The minimum atomic E-state index is -0.749. The van der Waals surface area contributed by atoms with Gasteiger partial charge >= 0.3 is 0 Å². The summed E-state index contributed by atoms with van der Waals surface area (Å²) in [6, 6.07) is 10.7. The monoisotopic (exact) mass is 376 g/mol. The summed E-state index contributed by atoms with van der Waals surface area (Å²) in [5.41, 5.74) is 2.21. The minimum absolute atomic E-state index is 0.0720. The number of fused-ring (bicyclic) bond motifs is 1. The molecule has 0 saturated carbocycles. The minimum Gasteiger partial charge on any atom is -0.393 e. The van der Waals surface area contributed by atoms with Crippen molar-refractivity contribution < 1.29 is 4.39 Å². The van der Waals surface area contributed by atoms with Crippen LogP contribution in [-0.2, 0) is 0 Å². The zero-order valence-electron chi connectivity index (χ0n) is 15.6. The van der Waals surface area contributed by atoms with Crippen LogP contribution in [0, 0.1) is 22.0 Å². The van der Waals surface area contributed by atoms with Crippen molar-refractivity contribution in [3.63, 3.8) is 0 Å². The van der Waals surface area contributed by atoms with Crippen LogP contribution in [0.15, 0.2) is 55.0 Å². The van der Waals surface area contributed by atoms with Crippen molar-refractivity contribution in [1.29, 1.82) is 16.2 Å². The van der Waals surface area contributed by atoms with Crippen molar-refractivity contribution in [3.8, 4) is 0 Å². The number of allylic oxidation sites excluding steroid dienone is 1. The first-order valence-corrected chi connectivity index (χ1v) is 8.75. The van der Waals surface area contributed by atoms with Crippen LogP contribution in [-0.4, -0.2) is 28.6 Å². The third-order valence-corrected chi connectivity index (χ3v) is 4.60. The number of rotatable bonds is 5. The first kappa shape index (κ1) is 19.2. The third-order valence-electron chi connectivity index (χ3n) is 4.60. The number of hydrogen-bond acceptors (Lipinski definition) is 5. The van der Waals surface area contributed by atoms with E-state index in [1.165, 1.54) is 16.8 Å². The molecular weight excluding hydrogens is 355 g/mol. The van der Waals surface area contributed by atoms with Crippen molar-refractivity contribution in [2.45, 2.75) is 12.8 Å². The molecule has 28 heavy (non-hydrogen) atoms. The van der Waals surface area contributed by atoms with Crippen LogP contribution in [0.1, 0.15) is 24.0 Å². The fourth-order valence-electron chi connectivity index (χ4n) is 3.00. The molecule has 6 nitrogen and oxygen atoms in total. The first-order valence-electron chi connectivity index (χ1n) is 8.75. The Morgan fingerprint density at radius 2 is 2.07 bits per heavy atom. The van der Waals surface area contributed by atoms with Gasteiger partial charge in [-0.2, -0.15) is 0 Å². The summed E-state index contributed by atoms with van der Waals surface area (Å²) < 4.78 is 15.6. The molecule has 0 spiro atoms. The molecule has 0 fully saturated rings. The second-order valence-corrected chi connectivity index (χ2v) is 6.39. The van der Waals surface area contributed by atoms with Crippen molar-refractivity contribution in [1.82, 2.24) is 14.9 Å². The molecule has 1 unspecified atom stereocenters. The van der Waals surface area contributed by atoms with E-state index < -0.39 is 11.3 Å². The molecule has 0 aliphatic carbocycles. The highest BCUT2D eigenvalue weighted by atomic mass is 19.1. The Labute approximate surface area is 161 Å². The van der Waals surface area contributed by atoms with Gasteiger partial charge in [-0.05, 0) is 29.8 Å². The highest BCUT2D eigenvalue weighted by Gasteiger charge is 2.17. The number of aromatic nitrogens is 2. The Kier molecular flexibility index (Phi) is 5.44. The number of halogens is 1. The summed E-state index contributed by atoms with van der Waals surface area (Å²) in [6.07, 6.45) is 5.91. The first-order chi connectivity index (χ1) is 13.5. The highest BCUT2D eigenvalue weighted by Crippen LogP contribution is 2.22. The highest BCUT2D eigenvalue weighted by molar-refractivity contribution is 6.08. The number of pyridine rings is 2. The van der Waals surface area contributed by atoms with Crippen LogP contribution in [0.5, 0.6) is 0 Å². The lowest BCUT2D eigenvalue weighted by Crippen LogP contribution is -2.32. The van der Waals surface area contributed by atoms with Crippen molar-refractivity contribution >= 4 is 28.5 Å². The van der Waals surface area contributed by atoms with E-state index in [0.29, 0.717) is 11.1 Å². The van der Waals surface area contributed by atoms with Gasteiger partial charge in [0.25, 0.3) is 0 Å². The van der Waals surface area contributed by atoms with Crippen LogP contribution in [0.25, 0.3) is 16.5 Å². The van der Waals surface area contributed by atoms with Gasteiger partial charge in [0.1, 0.15) is 5.84 Å². The Morgan fingerprint density at radius 3 is 2.79 bits per heavy atom. The van der Waals surface area contributed by atoms with Gasteiger partial charge in [-0.1, -0.05) is 19.1 Å². The standard InChI is InChI=1S/C21H21FN6/c1-13(14-5-6-19-15(8-14)4-3-7-27-19)20(24)28-12-16(9-18(22)21(28)25)17(10-23)11-26-2/h3-13,23-26H,1-2H3/b17-11+,23-10?,24-20?,25-21?. The molecule has 0 bridgehead atoms. The molecule has 7 heteroatoms. The molecule has 2 heterocycles. The molecule has 1 aromatic carbocycles. The quantitative estimate of drug-likeness (QED) is 0.405. The number of benzene rings is 1. The average molecular weight is 376 g/mol. The summed E-state index contributed by atoms with van der Waals surface area (Å²) in [5.74, 6) is -1.05. The molecule has 0 aliphatic heterocycles. The van der Waals surface area contributed by atoms with Gasteiger partial charge in [-0.15, -0.1) is 0 Å². The summed E-state index contributed by atoms with van der Waals surface area (Å²) in [5, 5.41) is 27.9. The maximum Gasteiger partial charge on any atom is 0.167 e. The lowest BCUT2D eigenvalue weighted by molar-refractivity contribution is 0.588. The second-order valence-electron chi connectivity index (χ2n) is 6.39. The Hall–Kier alpha value is -3.61. The predicted molar refractivity (Wildman–Crippen MR) is 109 cm³/mol. The molecule has 142 valence electrons. The van der Waals surface area contributed by atoms with Crippen LogP contribution >= 0.6 is 0 Å². The molecule has 2 aromatic heterocycles. The zero-order valence-corrected chi connectivity index (χ0v) is 15.6. The lowest BCUT2D eigenvalue weighted by atomic mass is 9.97. The molecule has 3 rings (SSSR count). The number of nitrogens with zero attached hydrogens (tertiary/aromatic N) is 2. The van der Waals surface area contributed by atoms with E-state index in [4.69, 9.17) is 16.2 Å². The SMILES string of the molecule is CN/C=C(\C=N)c1cc(F)c(=N)n(C(=N)C(C)c2ccc3ncccc3c2)c1. The summed E-state index contributed by atoms with van der Waals surface area (Å²) in [7, 11) is 1.69. The molecule has 0 saturated heterocycles. The van der Waals surface area contributed by atoms with E-state index >= 15 is 0 Å². The van der Waals surface area contributed by atoms with E-state index in [2.05, 4.69) is 10.3 Å². The zero-order chi connectivity index (χ0) is 20.3. The second kappa shape index (κ2) is 7.96. The molecular formula is C21H21FN6. The Balaban J connectivity index is 2.05. The van der Waals surface area contributed by atoms with Crippen molar-refractivity contribution in [2.24, 2.45) is 0 Å². The van der Waals surface area contributed by atoms with Gasteiger partial charge < -0.3 is 10.7 Å². The molecule has 0 aliphatic rings. The molecule has 0 amide bonds. The smallest absolute Gasteiger partial charge is 0.167 e. The number of nitrogens with one attached hydrogen (secondary N) is 4. The van der Waals surface area contributed by atoms with Crippen LogP contribution in [0.3, 0.4) is 0 Å². The van der Waals surface area contributed by atoms with Gasteiger partial charge in [0.15, 0.2) is 11.3 Å². The van der Waals surface area contributed by atoms with Gasteiger partial charge in [0.2, 0.25) is 0 Å². The topological polar surface area (TPSA) is 101 Å². The van der Waals surface area contributed by atoms with Gasteiger partial charge in [-0.3, -0.25) is 20.4 Å². The Morgan fingerprint density at radius 1 is 1.29 bits per heavy atom. The molecule has 1 atom stereocenters. The van der Waals surface area contributed by atoms with Crippen molar-refractivity contribution in [3.05, 3.63) is 77.4 Å². The van der Waals surface area contributed by atoms with E-state index in [-0.39, 0.29) is 11.8 Å². The normalized spacial score (nSPS) is 12.6. The van der Waals surface area contributed by atoms with Gasteiger partial charge in [0.05, 0.1) is 5.52 Å². The van der Waals surface area contributed by atoms with Crippen LogP contribution in [0.2, 0.25) is 0 Å². The van der Waals surface area contributed by atoms with Crippen LogP contribution < -0.4 is 10.8 Å². The lowest BCUT2D eigenvalue weighted by Gasteiger charge is -2.18. The maximum absolute atomic E-state index is 14.4. The van der Waals surface area contributed by atoms with E-state index in [1.807, 2.05) is 37.3 Å². The maximum atomic E-state index is 14.4. The van der Waals surface area contributed by atoms with Crippen molar-refractivity contribution in [2.75, 3.05) is 7.05 Å². The predicted octanol–water partition coefficient (Wildman–Crippen LogP) is 3.49. The summed E-state index contributed by atoms with van der Waals surface area (Å²) in [4.78, 5) is 4.30. The number of hydrogen-bond donors (Lipinski definition) is 4. The van der Waals surface area contributed by atoms with E-state index in [1.54, 1.807) is 19.4 Å².